The van der Waals surface area contributed by atoms with Crippen LogP contribution in [0.2, 0.25) is 0 Å². The largest absolute Gasteiger partial charge is 0.507 e. The number of hydrogen-bond acceptors (Lipinski definition) is 6. The Morgan fingerprint density at radius 3 is 2.27 bits per heavy atom. The van der Waals surface area contributed by atoms with Crippen molar-refractivity contribution in [1.29, 1.82) is 0 Å². The highest BCUT2D eigenvalue weighted by Crippen LogP contribution is 2.39. The zero-order chi connectivity index (χ0) is 22.0. The van der Waals surface area contributed by atoms with Crippen molar-refractivity contribution in [1.82, 2.24) is 9.80 Å². The Hall–Kier alpha value is -3.59. The summed E-state index contributed by atoms with van der Waals surface area (Å²) in [5, 5.41) is 21.8. The molecular formula is C21H20FN3O5. The van der Waals surface area contributed by atoms with Crippen LogP contribution in [-0.2, 0) is 9.59 Å². The second-order valence-corrected chi connectivity index (χ2v) is 7.15. The number of non-ortho nitro benzene ring substituents is 1. The molecule has 0 aromatic heterocycles. The minimum absolute atomic E-state index is 0.137. The fourth-order valence-electron chi connectivity index (χ4n) is 3.31. The Bertz CT molecular complexity index is 1020. The van der Waals surface area contributed by atoms with Crippen LogP contribution in [0.15, 0.2) is 54.1 Å². The molecule has 0 bridgehead atoms. The summed E-state index contributed by atoms with van der Waals surface area (Å²) in [7, 11) is 3.63. The molecule has 8 nitrogen and oxygen atoms in total. The SMILES string of the molecule is CN(C)CCN1C(=O)C(=O)C(=C(O)c2ccc(F)cc2)[C@@H]1c1ccc([N+](=O)[O-])cc1. The zero-order valence-electron chi connectivity index (χ0n) is 16.4. The number of hydrogen-bond donors (Lipinski definition) is 1. The molecule has 0 radical (unpaired) electrons. The van der Waals surface area contributed by atoms with E-state index in [0.29, 0.717) is 12.1 Å². The van der Waals surface area contributed by atoms with Gasteiger partial charge in [0.25, 0.3) is 17.4 Å². The van der Waals surface area contributed by atoms with E-state index in [-0.39, 0.29) is 23.4 Å². The molecule has 0 unspecified atom stereocenters. The van der Waals surface area contributed by atoms with Gasteiger partial charge in [-0.1, -0.05) is 0 Å². The fourth-order valence-corrected chi connectivity index (χ4v) is 3.31. The fraction of sp³-hybridized carbons (Fsp3) is 0.238. The molecule has 2 aromatic carbocycles. The van der Waals surface area contributed by atoms with Crippen molar-refractivity contribution in [2.75, 3.05) is 27.2 Å². The molecule has 1 fully saturated rings. The number of ketones is 1. The molecule has 30 heavy (non-hydrogen) atoms. The average Bonchev–Trinajstić information content (AvgIpc) is 2.97. The van der Waals surface area contributed by atoms with Crippen molar-refractivity contribution in [3.05, 3.63) is 81.2 Å². The van der Waals surface area contributed by atoms with Gasteiger partial charge >= 0.3 is 0 Å². The van der Waals surface area contributed by atoms with Crippen LogP contribution in [-0.4, -0.2) is 58.7 Å². The van der Waals surface area contributed by atoms with Gasteiger partial charge in [-0.05, 0) is 56.1 Å². The maximum atomic E-state index is 13.3. The summed E-state index contributed by atoms with van der Waals surface area (Å²) in [5.41, 5.74) is 0.359. The van der Waals surface area contributed by atoms with Gasteiger partial charge in [0.1, 0.15) is 11.6 Å². The van der Waals surface area contributed by atoms with Crippen molar-refractivity contribution < 1.29 is 24.0 Å². The van der Waals surface area contributed by atoms with Gasteiger partial charge in [-0.15, -0.1) is 0 Å². The number of carbonyl (C=O) groups is 2. The first-order valence-electron chi connectivity index (χ1n) is 9.14. The van der Waals surface area contributed by atoms with Gasteiger partial charge in [0.2, 0.25) is 0 Å². The number of rotatable bonds is 6. The second-order valence-electron chi connectivity index (χ2n) is 7.15. The highest BCUT2D eigenvalue weighted by Gasteiger charge is 2.45. The number of likely N-dealkylation sites (tertiary alicyclic amines) is 1. The lowest BCUT2D eigenvalue weighted by molar-refractivity contribution is -0.384. The number of nitrogens with zero attached hydrogens (tertiary/aromatic N) is 3. The van der Waals surface area contributed by atoms with E-state index in [1.165, 1.54) is 41.3 Å². The third-order valence-electron chi connectivity index (χ3n) is 4.87. The van der Waals surface area contributed by atoms with Gasteiger partial charge < -0.3 is 14.9 Å². The molecule has 1 saturated heterocycles. The molecule has 156 valence electrons. The van der Waals surface area contributed by atoms with Crippen LogP contribution in [0.4, 0.5) is 10.1 Å². The molecule has 0 saturated carbocycles. The van der Waals surface area contributed by atoms with E-state index in [0.717, 1.165) is 12.1 Å². The number of aliphatic hydroxyl groups excluding tert-OH is 1. The van der Waals surface area contributed by atoms with Crippen LogP contribution in [0.25, 0.3) is 5.76 Å². The van der Waals surface area contributed by atoms with Crippen LogP contribution >= 0.6 is 0 Å². The van der Waals surface area contributed by atoms with Crippen molar-refractivity contribution in [2.24, 2.45) is 0 Å². The highest BCUT2D eigenvalue weighted by molar-refractivity contribution is 6.46. The predicted molar refractivity (Wildman–Crippen MR) is 107 cm³/mol. The van der Waals surface area contributed by atoms with E-state index in [1.54, 1.807) is 0 Å². The van der Waals surface area contributed by atoms with Gasteiger partial charge in [-0.25, -0.2) is 4.39 Å². The molecule has 0 spiro atoms. The monoisotopic (exact) mass is 413 g/mol. The van der Waals surface area contributed by atoms with Gasteiger partial charge in [0.05, 0.1) is 16.5 Å². The standard InChI is InChI=1S/C21H20FN3O5/c1-23(2)11-12-24-18(13-5-9-16(10-6-13)25(29)30)17(20(27)21(24)28)19(26)14-3-7-15(22)8-4-14/h3-10,18,26H,11-12H2,1-2H3/t18-/m0/s1. The molecule has 9 heteroatoms. The summed E-state index contributed by atoms with van der Waals surface area (Å²) >= 11 is 0. The molecular weight excluding hydrogens is 393 g/mol. The lowest BCUT2D eigenvalue weighted by atomic mass is 9.95. The Balaban J connectivity index is 2.13. The number of benzene rings is 2. The maximum Gasteiger partial charge on any atom is 0.295 e. The Morgan fingerprint density at radius 1 is 1.13 bits per heavy atom. The molecule has 1 amide bonds. The van der Waals surface area contributed by atoms with Crippen molar-refractivity contribution in [3.63, 3.8) is 0 Å². The minimum Gasteiger partial charge on any atom is -0.507 e. The predicted octanol–water partition coefficient (Wildman–Crippen LogP) is 2.72. The van der Waals surface area contributed by atoms with Crippen molar-refractivity contribution in [3.8, 4) is 0 Å². The number of aliphatic hydroxyl groups is 1. The summed E-state index contributed by atoms with van der Waals surface area (Å²) in [4.78, 5) is 39.1. The summed E-state index contributed by atoms with van der Waals surface area (Å²) < 4.78 is 13.3. The van der Waals surface area contributed by atoms with Gasteiger partial charge in [0, 0.05) is 30.8 Å². The molecule has 1 atom stereocenters. The third kappa shape index (κ3) is 4.06. The summed E-state index contributed by atoms with van der Waals surface area (Å²) in [5.74, 6) is -2.57. The number of Topliss-reactive ketones (excluding diaryl/α,β-unsaturated/α-hetero) is 1. The van der Waals surface area contributed by atoms with Crippen LogP contribution in [0, 0.1) is 15.9 Å². The van der Waals surface area contributed by atoms with Gasteiger partial charge in [-0.3, -0.25) is 19.7 Å². The Kier molecular flexibility index (Phi) is 5.93. The highest BCUT2D eigenvalue weighted by atomic mass is 19.1. The quantitative estimate of drug-likeness (QED) is 0.257. The second kappa shape index (κ2) is 8.42. The summed E-state index contributed by atoms with van der Waals surface area (Å²) in [6.45, 7) is 0.673. The smallest absolute Gasteiger partial charge is 0.295 e. The number of nitro benzene ring substituents is 1. The summed E-state index contributed by atoms with van der Waals surface area (Å²) in [6, 6.07) is 9.44. The van der Waals surface area contributed by atoms with E-state index < -0.39 is 34.2 Å². The third-order valence-corrected chi connectivity index (χ3v) is 4.87. The maximum absolute atomic E-state index is 13.3. The number of carbonyl (C=O) groups excluding carboxylic acids is 2. The number of halogens is 1. The first kappa shape index (κ1) is 21.1. The lowest BCUT2D eigenvalue weighted by Crippen LogP contribution is -2.35. The minimum atomic E-state index is -0.921. The lowest BCUT2D eigenvalue weighted by Gasteiger charge is -2.26. The topological polar surface area (TPSA) is 104 Å². The Morgan fingerprint density at radius 2 is 1.73 bits per heavy atom. The van der Waals surface area contributed by atoms with Gasteiger partial charge in [0.15, 0.2) is 0 Å². The molecule has 1 aliphatic rings. The first-order chi connectivity index (χ1) is 14.2. The molecule has 1 N–H and O–H groups in total. The van der Waals surface area contributed by atoms with Crippen molar-refractivity contribution >= 4 is 23.1 Å². The van der Waals surface area contributed by atoms with E-state index in [2.05, 4.69) is 0 Å². The van der Waals surface area contributed by atoms with Crippen molar-refractivity contribution in [2.45, 2.75) is 6.04 Å². The molecule has 2 aromatic rings. The number of amides is 1. The molecule has 3 rings (SSSR count). The van der Waals surface area contributed by atoms with E-state index in [1.807, 2.05) is 19.0 Å². The average molecular weight is 413 g/mol. The molecule has 0 aliphatic carbocycles. The van der Waals surface area contributed by atoms with E-state index in [4.69, 9.17) is 0 Å². The van der Waals surface area contributed by atoms with E-state index >= 15 is 0 Å². The zero-order valence-corrected chi connectivity index (χ0v) is 16.4. The van der Waals surface area contributed by atoms with Gasteiger partial charge in [-0.2, -0.15) is 0 Å². The van der Waals surface area contributed by atoms with Crippen LogP contribution in [0.1, 0.15) is 17.2 Å². The van der Waals surface area contributed by atoms with Crippen LogP contribution in [0.5, 0.6) is 0 Å². The Labute approximate surface area is 172 Å². The normalized spacial score (nSPS) is 18.3. The van der Waals surface area contributed by atoms with E-state index in [9.17, 15) is 29.2 Å². The first-order valence-corrected chi connectivity index (χ1v) is 9.14. The number of nitro groups is 1. The van der Waals surface area contributed by atoms with Crippen LogP contribution < -0.4 is 0 Å². The molecule has 1 heterocycles. The molecule has 1 aliphatic heterocycles. The summed E-state index contributed by atoms with van der Waals surface area (Å²) in [6.07, 6.45) is 0. The van der Waals surface area contributed by atoms with Crippen LogP contribution in [0.3, 0.4) is 0 Å². The number of likely N-dealkylation sites (N-methyl/N-ethyl adjacent to an activating group) is 1.